The fourth-order valence-corrected chi connectivity index (χ4v) is 1.83. The summed E-state index contributed by atoms with van der Waals surface area (Å²) in [5.41, 5.74) is 8.81. The van der Waals surface area contributed by atoms with E-state index in [4.69, 9.17) is 5.73 Å². The highest BCUT2D eigenvalue weighted by Crippen LogP contribution is 2.28. The van der Waals surface area contributed by atoms with Crippen molar-refractivity contribution >= 4 is 22.1 Å². The number of aromatic nitrogens is 1. The van der Waals surface area contributed by atoms with Crippen LogP contribution < -0.4 is 11.1 Å². The molecule has 0 unspecified atom stereocenters. The van der Waals surface area contributed by atoms with Crippen LogP contribution in [0.25, 0.3) is 10.8 Å². The van der Waals surface area contributed by atoms with Gasteiger partial charge in [0.1, 0.15) is 0 Å². The summed E-state index contributed by atoms with van der Waals surface area (Å²) in [5.74, 6) is 0. The van der Waals surface area contributed by atoms with E-state index >= 15 is 0 Å². The van der Waals surface area contributed by atoms with Crippen LogP contribution >= 0.6 is 0 Å². The number of nitrogens with zero attached hydrogens (tertiary/aromatic N) is 1. The summed E-state index contributed by atoms with van der Waals surface area (Å²) in [4.78, 5) is 4.28. The maximum absolute atomic E-state index is 5.95. The molecule has 3 N–H and O–H groups in total. The van der Waals surface area contributed by atoms with Gasteiger partial charge in [0.25, 0.3) is 0 Å². The lowest BCUT2D eigenvalue weighted by molar-refractivity contribution is 1.07. The number of hydrogen-bond acceptors (Lipinski definition) is 3. The first kappa shape index (κ1) is 11.5. The van der Waals surface area contributed by atoms with Crippen molar-refractivity contribution in [2.45, 2.75) is 13.3 Å². The van der Waals surface area contributed by atoms with Gasteiger partial charge in [0.05, 0.1) is 0 Å². The monoisotopic (exact) mass is 227 g/mol. The Morgan fingerprint density at radius 2 is 2.24 bits per heavy atom. The third-order valence-electron chi connectivity index (χ3n) is 2.74. The molecule has 3 nitrogen and oxygen atoms in total. The zero-order valence-electron chi connectivity index (χ0n) is 10.0. The molecule has 3 heteroatoms. The average molecular weight is 227 g/mol. The van der Waals surface area contributed by atoms with E-state index in [1.807, 2.05) is 31.3 Å². The molecule has 0 saturated heterocycles. The van der Waals surface area contributed by atoms with Crippen molar-refractivity contribution in [2.24, 2.45) is 0 Å². The van der Waals surface area contributed by atoms with Gasteiger partial charge < -0.3 is 11.1 Å². The van der Waals surface area contributed by atoms with E-state index in [1.54, 1.807) is 0 Å². The second kappa shape index (κ2) is 4.87. The first-order valence-corrected chi connectivity index (χ1v) is 5.72. The van der Waals surface area contributed by atoms with Crippen molar-refractivity contribution in [3.05, 3.63) is 42.7 Å². The number of rotatable bonds is 4. The summed E-state index contributed by atoms with van der Waals surface area (Å²) >= 11 is 0. The number of benzene rings is 1. The van der Waals surface area contributed by atoms with Crippen LogP contribution in [0.2, 0.25) is 0 Å². The largest absolute Gasteiger partial charge is 0.398 e. The fraction of sp³-hybridized carbons (Fsp3) is 0.214. The Morgan fingerprint density at radius 1 is 1.41 bits per heavy atom. The normalized spacial score (nSPS) is 10.4. The lowest BCUT2D eigenvalue weighted by Gasteiger charge is -2.11. The minimum absolute atomic E-state index is 0.766. The Morgan fingerprint density at radius 3 is 3.00 bits per heavy atom. The predicted molar refractivity (Wildman–Crippen MR) is 74.2 cm³/mol. The smallest absolute Gasteiger partial charge is 0.0422 e. The Labute approximate surface area is 101 Å². The zero-order chi connectivity index (χ0) is 12.3. The number of anilines is 2. The van der Waals surface area contributed by atoms with E-state index in [0.717, 1.165) is 40.8 Å². The predicted octanol–water partition coefficient (Wildman–Crippen LogP) is 3.11. The van der Waals surface area contributed by atoms with Gasteiger partial charge in [0.15, 0.2) is 0 Å². The van der Waals surface area contributed by atoms with E-state index in [2.05, 4.69) is 22.9 Å². The van der Waals surface area contributed by atoms with Crippen LogP contribution in [-0.4, -0.2) is 11.5 Å². The highest BCUT2D eigenvalue weighted by molar-refractivity contribution is 6.00. The molecule has 88 valence electrons. The molecule has 0 atom stereocenters. The van der Waals surface area contributed by atoms with Gasteiger partial charge in [-0.25, -0.2) is 0 Å². The van der Waals surface area contributed by atoms with Crippen molar-refractivity contribution in [1.29, 1.82) is 0 Å². The molecule has 2 aromatic rings. The number of hydrogen-bond donors (Lipinski definition) is 2. The molecule has 0 aliphatic rings. The lowest BCUT2D eigenvalue weighted by Crippen LogP contribution is -2.01. The molecule has 1 heterocycles. The van der Waals surface area contributed by atoms with E-state index < -0.39 is 0 Å². The van der Waals surface area contributed by atoms with Gasteiger partial charge in [-0.1, -0.05) is 6.08 Å². The van der Waals surface area contributed by atoms with E-state index in [-0.39, 0.29) is 0 Å². The van der Waals surface area contributed by atoms with Crippen LogP contribution in [0.3, 0.4) is 0 Å². The third-order valence-corrected chi connectivity index (χ3v) is 2.74. The van der Waals surface area contributed by atoms with Crippen LogP contribution in [0.1, 0.15) is 12.1 Å². The number of nitrogens with two attached hydrogens (primary N) is 1. The molecule has 0 amide bonds. The molecule has 17 heavy (non-hydrogen) atoms. The molecular formula is C14H17N3. The van der Waals surface area contributed by atoms with Crippen LogP contribution in [0, 0.1) is 6.92 Å². The van der Waals surface area contributed by atoms with Crippen molar-refractivity contribution < 1.29 is 0 Å². The quantitative estimate of drug-likeness (QED) is 0.479. The van der Waals surface area contributed by atoms with Gasteiger partial charge in [-0.3, -0.25) is 4.98 Å². The first-order chi connectivity index (χ1) is 8.22. The second-order valence-electron chi connectivity index (χ2n) is 4.08. The number of nitrogens with one attached hydrogen (secondary N) is 1. The molecular weight excluding hydrogens is 210 g/mol. The summed E-state index contributed by atoms with van der Waals surface area (Å²) in [5, 5.41) is 5.51. The van der Waals surface area contributed by atoms with Gasteiger partial charge in [-0.05, 0) is 31.5 Å². The van der Waals surface area contributed by atoms with Gasteiger partial charge in [-0.15, -0.1) is 6.58 Å². The van der Waals surface area contributed by atoms with Crippen LogP contribution in [-0.2, 0) is 0 Å². The minimum atomic E-state index is 0.766. The lowest BCUT2D eigenvalue weighted by atomic mass is 10.1. The van der Waals surface area contributed by atoms with Crippen LogP contribution in [0.5, 0.6) is 0 Å². The SMILES string of the molecule is C=CCCNc1ccc(N)c2cnc(C)cc12. The summed E-state index contributed by atoms with van der Waals surface area (Å²) < 4.78 is 0. The molecule has 1 aromatic carbocycles. The highest BCUT2D eigenvalue weighted by atomic mass is 14.9. The van der Waals surface area contributed by atoms with E-state index in [1.165, 1.54) is 0 Å². The van der Waals surface area contributed by atoms with E-state index in [9.17, 15) is 0 Å². The van der Waals surface area contributed by atoms with Gasteiger partial charge in [-0.2, -0.15) is 0 Å². The number of aryl methyl sites for hydroxylation is 1. The average Bonchev–Trinajstić information content (AvgIpc) is 2.32. The number of pyridine rings is 1. The Balaban J connectivity index is 2.44. The molecule has 2 rings (SSSR count). The fourth-order valence-electron chi connectivity index (χ4n) is 1.83. The maximum Gasteiger partial charge on any atom is 0.0422 e. The molecule has 0 bridgehead atoms. The molecule has 0 aliphatic heterocycles. The minimum Gasteiger partial charge on any atom is -0.398 e. The van der Waals surface area contributed by atoms with Gasteiger partial charge >= 0.3 is 0 Å². The summed E-state index contributed by atoms with van der Waals surface area (Å²) in [7, 11) is 0. The molecule has 1 aromatic heterocycles. The Bertz CT molecular complexity index is 546. The van der Waals surface area contributed by atoms with Crippen molar-refractivity contribution in [3.8, 4) is 0 Å². The van der Waals surface area contributed by atoms with Crippen molar-refractivity contribution in [1.82, 2.24) is 4.98 Å². The summed E-state index contributed by atoms with van der Waals surface area (Å²) in [6.07, 6.45) is 4.67. The van der Waals surface area contributed by atoms with Crippen LogP contribution in [0.15, 0.2) is 37.1 Å². The number of fused-ring (bicyclic) bond motifs is 1. The molecule has 0 aliphatic carbocycles. The van der Waals surface area contributed by atoms with Crippen molar-refractivity contribution in [3.63, 3.8) is 0 Å². The van der Waals surface area contributed by atoms with E-state index in [0.29, 0.717) is 0 Å². The summed E-state index contributed by atoms with van der Waals surface area (Å²) in [6.45, 7) is 6.57. The number of nitrogen functional groups attached to an aromatic ring is 1. The topological polar surface area (TPSA) is 50.9 Å². The Kier molecular flexibility index (Phi) is 3.28. The first-order valence-electron chi connectivity index (χ1n) is 5.72. The van der Waals surface area contributed by atoms with Gasteiger partial charge in [0.2, 0.25) is 0 Å². The van der Waals surface area contributed by atoms with Gasteiger partial charge in [0, 0.05) is 40.6 Å². The highest BCUT2D eigenvalue weighted by Gasteiger charge is 2.04. The Hall–Kier alpha value is -2.03. The standard InChI is InChI=1S/C14H17N3/c1-3-4-7-16-14-6-5-13(15)12-9-17-10(2)8-11(12)14/h3,5-6,8-9,16H,1,4,7,15H2,2H3. The van der Waals surface area contributed by atoms with Crippen LogP contribution in [0.4, 0.5) is 11.4 Å². The summed E-state index contributed by atoms with van der Waals surface area (Å²) in [6, 6.07) is 5.98. The van der Waals surface area contributed by atoms with Crippen molar-refractivity contribution in [2.75, 3.05) is 17.6 Å². The third kappa shape index (κ3) is 2.38. The zero-order valence-corrected chi connectivity index (χ0v) is 10.0. The molecule has 0 saturated carbocycles. The molecule has 0 spiro atoms. The maximum atomic E-state index is 5.95. The molecule has 0 fully saturated rings. The second-order valence-corrected chi connectivity index (χ2v) is 4.08. The molecule has 0 radical (unpaired) electrons.